The van der Waals surface area contributed by atoms with E-state index in [1.54, 1.807) is 4.90 Å². The number of amides is 1. The summed E-state index contributed by atoms with van der Waals surface area (Å²) in [7, 11) is 0. The third-order valence-corrected chi connectivity index (χ3v) is 4.88. The summed E-state index contributed by atoms with van der Waals surface area (Å²) in [6.07, 6.45) is 1.75. The van der Waals surface area contributed by atoms with Crippen molar-refractivity contribution in [3.63, 3.8) is 0 Å². The average Bonchev–Trinajstić information content (AvgIpc) is 3.05. The number of rotatable bonds is 3. The third kappa shape index (κ3) is 3.32. The van der Waals surface area contributed by atoms with Gasteiger partial charge < -0.3 is 14.4 Å². The highest BCUT2D eigenvalue weighted by Crippen LogP contribution is 2.33. The minimum absolute atomic E-state index is 0.0849. The van der Waals surface area contributed by atoms with E-state index in [0.717, 1.165) is 17.3 Å². The zero-order valence-corrected chi connectivity index (χ0v) is 14.0. The monoisotopic (exact) mass is 377 g/mol. The summed E-state index contributed by atoms with van der Waals surface area (Å²) < 4.78 is 6.19. The molecule has 6 heteroatoms. The van der Waals surface area contributed by atoms with Gasteiger partial charge in [0.05, 0.1) is 0 Å². The van der Waals surface area contributed by atoms with Gasteiger partial charge in [-0.05, 0) is 42.5 Å². The van der Waals surface area contributed by atoms with E-state index in [2.05, 4.69) is 22.0 Å². The van der Waals surface area contributed by atoms with E-state index >= 15 is 0 Å². The second-order valence-electron chi connectivity index (χ2n) is 5.56. The van der Waals surface area contributed by atoms with Crippen molar-refractivity contribution in [3.05, 3.63) is 58.0 Å². The topological polar surface area (TPSA) is 70.8 Å². The number of carbonyl (C=O) groups is 2. The zero-order valence-electron chi connectivity index (χ0n) is 12.4. The highest BCUT2D eigenvalue weighted by molar-refractivity contribution is 9.10. The molecule has 0 atom stereocenters. The summed E-state index contributed by atoms with van der Waals surface area (Å²) in [5, 5.41) is 8.85. The molecule has 2 heterocycles. The van der Waals surface area contributed by atoms with E-state index in [-0.39, 0.29) is 17.4 Å². The van der Waals surface area contributed by atoms with Gasteiger partial charge in [-0.25, -0.2) is 4.79 Å². The lowest BCUT2D eigenvalue weighted by Gasteiger charge is -2.32. The molecule has 1 aromatic heterocycles. The Morgan fingerprint density at radius 2 is 1.74 bits per heavy atom. The molecular formula is C17H16BrNO4. The second kappa shape index (κ2) is 6.58. The van der Waals surface area contributed by atoms with Crippen LogP contribution in [0.25, 0.3) is 0 Å². The molecular weight excluding hydrogens is 362 g/mol. The summed E-state index contributed by atoms with van der Waals surface area (Å²) in [5.74, 6) is -1.13. The Morgan fingerprint density at radius 3 is 2.35 bits per heavy atom. The minimum atomic E-state index is -1.17. The number of hydrogen-bond acceptors (Lipinski definition) is 3. The minimum Gasteiger partial charge on any atom is -0.475 e. The molecule has 0 saturated carbocycles. The molecule has 1 aromatic carbocycles. The number of carbonyl (C=O) groups excluding carboxylic acids is 1. The van der Waals surface area contributed by atoms with Crippen LogP contribution in [0.15, 0.2) is 45.3 Å². The molecule has 0 unspecified atom stereocenters. The van der Waals surface area contributed by atoms with E-state index in [9.17, 15) is 9.59 Å². The Balaban J connectivity index is 1.65. The smallest absolute Gasteiger partial charge is 0.371 e. The van der Waals surface area contributed by atoms with Gasteiger partial charge in [0.1, 0.15) is 0 Å². The van der Waals surface area contributed by atoms with Gasteiger partial charge in [-0.1, -0.05) is 34.1 Å². The number of aromatic carboxylic acids is 1. The normalized spacial score (nSPS) is 15.6. The predicted octanol–water partition coefficient (Wildman–Crippen LogP) is 3.76. The van der Waals surface area contributed by atoms with Gasteiger partial charge in [0.15, 0.2) is 5.76 Å². The average molecular weight is 378 g/mol. The largest absolute Gasteiger partial charge is 0.475 e. The lowest BCUT2D eigenvalue weighted by molar-refractivity contribution is 0.0639. The van der Waals surface area contributed by atoms with E-state index < -0.39 is 5.97 Å². The van der Waals surface area contributed by atoms with E-state index in [1.807, 2.05) is 18.2 Å². The van der Waals surface area contributed by atoms with Crippen LogP contribution in [0, 0.1) is 0 Å². The first-order valence-corrected chi connectivity index (χ1v) is 8.22. The van der Waals surface area contributed by atoms with Gasteiger partial charge >= 0.3 is 5.97 Å². The van der Waals surface area contributed by atoms with Gasteiger partial charge in [-0.3, -0.25) is 4.79 Å². The summed E-state index contributed by atoms with van der Waals surface area (Å²) in [5.41, 5.74) is 1.27. The fourth-order valence-electron chi connectivity index (χ4n) is 2.92. The number of nitrogens with zero attached hydrogens (tertiary/aromatic N) is 1. The summed E-state index contributed by atoms with van der Waals surface area (Å²) >= 11 is 3.58. The summed E-state index contributed by atoms with van der Waals surface area (Å²) in [6, 6.07) is 10.9. The molecule has 2 aromatic rings. The maximum Gasteiger partial charge on any atom is 0.371 e. The molecule has 120 valence electrons. The highest BCUT2D eigenvalue weighted by atomic mass is 79.9. The molecule has 0 radical (unpaired) electrons. The molecule has 0 aliphatic carbocycles. The Labute approximate surface area is 142 Å². The number of benzene rings is 1. The first-order valence-electron chi connectivity index (χ1n) is 7.43. The fraction of sp³-hybridized carbons (Fsp3) is 0.294. The van der Waals surface area contributed by atoms with E-state index in [1.165, 1.54) is 17.7 Å². The Kier molecular flexibility index (Phi) is 4.52. The van der Waals surface area contributed by atoms with E-state index in [4.69, 9.17) is 9.52 Å². The molecule has 1 amide bonds. The van der Waals surface area contributed by atoms with Crippen LogP contribution in [-0.2, 0) is 0 Å². The van der Waals surface area contributed by atoms with Crippen molar-refractivity contribution in [3.8, 4) is 0 Å². The quantitative estimate of drug-likeness (QED) is 0.883. The van der Waals surface area contributed by atoms with Crippen LogP contribution in [-0.4, -0.2) is 35.0 Å². The zero-order chi connectivity index (χ0) is 16.4. The van der Waals surface area contributed by atoms with Crippen LogP contribution in [0.4, 0.5) is 0 Å². The van der Waals surface area contributed by atoms with Crippen LogP contribution in [0.3, 0.4) is 0 Å². The molecule has 0 bridgehead atoms. The standard InChI is InChI=1S/C17H16BrNO4/c18-13-4-2-1-3-12(13)11-7-9-19(10-8-11)16(20)14-5-6-15(23-14)17(21)22/h1-6,11H,7-10H2,(H,21,22). The van der Waals surface area contributed by atoms with Crippen LogP contribution in [0.2, 0.25) is 0 Å². The van der Waals surface area contributed by atoms with Gasteiger partial charge in [0.25, 0.3) is 5.91 Å². The lowest BCUT2D eigenvalue weighted by Crippen LogP contribution is -2.37. The lowest BCUT2D eigenvalue weighted by atomic mass is 9.89. The SMILES string of the molecule is O=C(O)c1ccc(C(=O)N2CCC(c3ccccc3Br)CC2)o1. The molecule has 1 fully saturated rings. The maximum absolute atomic E-state index is 12.4. The van der Waals surface area contributed by atoms with Crippen molar-refractivity contribution in [1.29, 1.82) is 0 Å². The molecule has 3 rings (SSSR count). The predicted molar refractivity (Wildman–Crippen MR) is 87.7 cm³/mol. The second-order valence-corrected chi connectivity index (χ2v) is 6.41. The van der Waals surface area contributed by atoms with Gasteiger partial charge in [0, 0.05) is 17.6 Å². The van der Waals surface area contributed by atoms with E-state index in [0.29, 0.717) is 19.0 Å². The molecule has 5 nitrogen and oxygen atoms in total. The first kappa shape index (κ1) is 15.8. The van der Waals surface area contributed by atoms with Crippen molar-refractivity contribution in [2.24, 2.45) is 0 Å². The van der Waals surface area contributed by atoms with Gasteiger partial charge in [-0.15, -0.1) is 0 Å². The van der Waals surface area contributed by atoms with Crippen molar-refractivity contribution in [1.82, 2.24) is 4.90 Å². The van der Waals surface area contributed by atoms with Crippen molar-refractivity contribution < 1.29 is 19.1 Å². The Bertz CT molecular complexity index is 732. The molecule has 0 spiro atoms. The Hall–Kier alpha value is -2.08. The first-order chi connectivity index (χ1) is 11.1. The summed E-state index contributed by atoms with van der Waals surface area (Å²) in [6.45, 7) is 1.27. The number of halogens is 1. The van der Waals surface area contributed by atoms with Gasteiger partial charge in [-0.2, -0.15) is 0 Å². The molecule has 1 N–H and O–H groups in total. The van der Waals surface area contributed by atoms with Crippen molar-refractivity contribution >= 4 is 27.8 Å². The highest BCUT2D eigenvalue weighted by Gasteiger charge is 2.27. The van der Waals surface area contributed by atoms with Crippen LogP contribution < -0.4 is 0 Å². The fourth-order valence-corrected chi connectivity index (χ4v) is 3.53. The molecule has 1 saturated heterocycles. The number of furan rings is 1. The number of carboxylic acids is 1. The molecule has 23 heavy (non-hydrogen) atoms. The number of likely N-dealkylation sites (tertiary alicyclic amines) is 1. The van der Waals surface area contributed by atoms with Crippen molar-refractivity contribution in [2.75, 3.05) is 13.1 Å². The third-order valence-electron chi connectivity index (χ3n) is 4.15. The van der Waals surface area contributed by atoms with Crippen LogP contribution in [0.1, 0.15) is 45.4 Å². The number of carboxylic acid groups (broad SMARTS) is 1. The molecule has 1 aliphatic heterocycles. The van der Waals surface area contributed by atoms with Crippen molar-refractivity contribution in [2.45, 2.75) is 18.8 Å². The van der Waals surface area contributed by atoms with Crippen LogP contribution in [0.5, 0.6) is 0 Å². The van der Waals surface area contributed by atoms with Gasteiger partial charge in [0.2, 0.25) is 5.76 Å². The number of hydrogen-bond donors (Lipinski definition) is 1. The summed E-state index contributed by atoms with van der Waals surface area (Å²) in [4.78, 5) is 24.9. The molecule has 1 aliphatic rings. The van der Waals surface area contributed by atoms with Crippen LogP contribution >= 0.6 is 15.9 Å². The maximum atomic E-state index is 12.4. The number of piperidine rings is 1. The Morgan fingerprint density at radius 1 is 1.09 bits per heavy atom.